The molecule has 5 atom stereocenters. The molecule has 1 unspecified atom stereocenters. The van der Waals surface area contributed by atoms with Gasteiger partial charge >= 0.3 is 0 Å². The number of amides is 1. The predicted octanol–water partition coefficient (Wildman–Crippen LogP) is 2.83. The molecule has 0 N–H and O–H groups in total. The van der Waals surface area contributed by atoms with E-state index in [4.69, 9.17) is 0 Å². The highest BCUT2D eigenvalue weighted by molar-refractivity contribution is 5.83. The summed E-state index contributed by atoms with van der Waals surface area (Å²) >= 11 is 0. The van der Waals surface area contributed by atoms with Crippen molar-refractivity contribution >= 4 is 5.91 Å². The summed E-state index contributed by atoms with van der Waals surface area (Å²) in [5.74, 6) is 5.96. The lowest BCUT2D eigenvalue weighted by Crippen LogP contribution is -2.40. The van der Waals surface area contributed by atoms with Gasteiger partial charge in [-0.25, -0.2) is 4.98 Å². The molecule has 5 rings (SSSR count). The van der Waals surface area contributed by atoms with E-state index in [1.807, 2.05) is 6.20 Å². The number of carbonyl (C=O) groups excluding carboxylic acids is 1. The number of likely N-dealkylation sites (tertiary alicyclic amines) is 1. The van der Waals surface area contributed by atoms with Crippen molar-refractivity contribution in [1.29, 1.82) is 0 Å². The first-order chi connectivity index (χ1) is 13.1. The van der Waals surface area contributed by atoms with Gasteiger partial charge in [0.2, 0.25) is 5.91 Å². The molecule has 1 aromatic rings. The van der Waals surface area contributed by atoms with Gasteiger partial charge in [-0.05, 0) is 82.8 Å². The fourth-order valence-corrected chi connectivity index (χ4v) is 6.65. The van der Waals surface area contributed by atoms with Crippen LogP contribution in [0.5, 0.6) is 0 Å². The SMILES string of the molecule is CN(C)CCCn1ccnc1C1CCN(C(=O)C2[C@@H]3[C@H]4CC[C@H](C4)[C@H]23)CC1. The van der Waals surface area contributed by atoms with Gasteiger partial charge in [-0.3, -0.25) is 4.79 Å². The third-order valence-corrected chi connectivity index (χ3v) is 7.94. The highest BCUT2D eigenvalue weighted by Crippen LogP contribution is 2.69. The molecule has 4 aliphatic rings. The molecule has 0 aromatic carbocycles. The lowest BCUT2D eigenvalue weighted by Gasteiger charge is -2.32. The van der Waals surface area contributed by atoms with Crippen molar-refractivity contribution in [2.45, 2.75) is 51.0 Å². The smallest absolute Gasteiger partial charge is 0.226 e. The van der Waals surface area contributed by atoms with Crippen molar-refractivity contribution in [3.05, 3.63) is 18.2 Å². The van der Waals surface area contributed by atoms with Gasteiger partial charge in [0.15, 0.2) is 0 Å². The first-order valence-electron chi connectivity index (χ1n) is 11.1. The third kappa shape index (κ3) is 3.12. The molecule has 1 saturated heterocycles. The molecule has 27 heavy (non-hydrogen) atoms. The highest BCUT2D eigenvalue weighted by atomic mass is 16.2. The Kier molecular flexibility index (Phi) is 4.53. The van der Waals surface area contributed by atoms with Gasteiger partial charge in [-0.1, -0.05) is 0 Å². The number of aryl methyl sites for hydroxylation is 1. The first-order valence-corrected chi connectivity index (χ1v) is 11.1. The van der Waals surface area contributed by atoms with Crippen LogP contribution < -0.4 is 0 Å². The fraction of sp³-hybridized carbons (Fsp3) is 0.818. The summed E-state index contributed by atoms with van der Waals surface area (Å²) in [6.45, 7) is 4.01. The fourth-order valence-electron chi connectivity index (χ4n) is 6.65. The summed E-state index contributed by atoms with van der Waals surface area (Å²) in [5, 5.41) is 0. The van der Waals surface area contributed by atoms with Crippen LogP contribution in [0.25, 0.3) is 0 Å². The van der Waals surface area contributed by atoms with E-state index in [-0.39, 0.29) is 0 Å². The Bertz CT molecular complexity index is 674. The van der Waals surface area contributed by atoms with Crippen LogP contribution in [-0.4, -0.2) is 59.0 Å². The van der Waals surface area contributed by atoms with E-state index in [9.17, 15) is 4.79 Å². The molecule has 1 amide bonds. The Labute approximate surface area is 163 Å². The number of rotatable bonds is 6. The van der Waals surface area contributed by atoms with Crippen LogP contribution in [0.4, 0.5) is 0 Å². The van der Waals surface area contributed by atoms with Gasteiger partial charge in [0.05, 0.1) is 0 Å². The number of hydrogen-bond donors (Lipinski definition) is 0. The molecule has 4 fully saturated rings. The lowest BCUT2D eigenvalue weighted by atomic mass is 9.94. The molecule has 148 valence electrons. The number of aromatic nitrogens is 2. The van der Waals surface area contributed by atoms with Crippen LogP contribution in [0.2, 0.25) is 0 Å². The average Bonchev–Trinajstić information content (AvgIpc) is 3.01. The molecule has 3 saturated carbocycles. The normalized spacial score (nSPS) is 35.1. The highest BCUT2D eigenvalue weighted by Gasteiger charge is 2.68. The van der Waals surface area contributed by atoms with E-state index in [0.29, 0.717) is 17.7 Å². The van der Waals surface area contributed by atoms with E-state index in [1.165, 1.54) is 25.1 Å². The maximum absolute atomic E-state index is 13.1. The Morgan fingerprint density at radius 3 is 2.52 bits per heavy atom. The number of piperidine rings is 1. The number of carbonyl (C=O) groups is 1. The Morgan fingerprint density at radius 2 is 1.85 bits per heavy atom. The minimum absolute atomic E-state index is 0.404. The number of fused-ring (bicyclic) bond motifs is 5. The first kappa shape index (κ1) is 17.7. The van der Waals surface area contributed by atoms with Crippen LogP contribution in [0.3, 0.4) is 0 Å². The van der Waals surface area contributed by atoms with E-state index in [2.05, 4.69) is 39.6 Å². The van der Waals surface area contributed by atoms with Crippen molar-refractivity contribution in [3.63, 3.8) is 0 Å². The molecule has 1 aromatic heterocycles. The molecule has 0 spiro atoms. The Balaban J connectivity index is 1.15. The van der Waals surface area contributed by atoms with Crippen molar-refractivity contribution < 1.29 is 4.79 Å². The van der Waals surface area contributed by atoms with Crippen molar-refractivity contribution in [2.24, 2.45) is 29.6 Å². The van der Waals surface area contributed by atoms with Crippen molar-refractivity contribution in [1.82, 2.24) is 19.4 Å². The number of imidazole rings is 1. The monoisotopic (exact) mass is 370 g/mol. The second-order valence-corrected chi connectivity index (χ2v) is 9.75. The minimum Gasteiger partial charge on any atom is -0.342 e. The van der Waals surface area contributed by atoms with E-state index in [0.717, 1.165) is 69.1 Å². The topological polar surface area (TPSA) is 41.4 Å². The zero-order chi connectivity index (χ0) is 18.5. The summed E-state index contributed by atoms with van der Waals surface area (Å²) in [4.78, 5) is 22.2. The zero-order valence-corrected chi connectivity index (χ0v) is 16.9. The summed E-state index contributed by atoms with van der Waals surface area (Å²) < 4.78 is 2.34. The van der Waals surface area contributed by atoms with E-state index >= 15 is 0 Å². The average molecular weight is 371 g/mol. The summed E-state index contributed by atoms with van der Waals surface area (Å²) in [7, 11) is 4.25. The maximum Gasteiger partial charge on any atom is 0.226 e. The van der Waals surface area contributed by atoms with Gasteiger partial charge in [-0.2, -0.15) is 0 Å². The minimum atomic E-state index is 0.404. The number of hydrogen-bond acceptors (Lipinski definition) is 3. The number of nitrogens with zero attached hydrogens (tertiary/aromatic N) is 4. The molecule has 2 bridgehead atoms. The second-order valence-electron chi connectivity index (χ2n) is 9.75. The van der Waals surface area contributed by atoms with Gasteiger partial charge < -0.3 is 14.4 Å². The third-order valence-electron chi connectivity index (χ3n) is 7.94. The molecular formula is C22H34N4O. The molecule has 0 radical (unpaired) electrons. The molecule has 5 nitrogen and oxygen atoms in total. The van der Waals surface area contributed by atoms with Crippen LogP contribution in [-0.2, 0) is 11.3 Å². The van der Waals surface area contributed by atoms with Crippen molar-refractivity contribution in [3.8, 4) is 0 Å². The van der Waals surface area contributed by atoms with E-state index < -0.39 is 0 Å². The van der Waals surface area contributed by atoms with Gasteiger partial charge in [0.25, 0.3) is 0 Å². The molecule has 2 heterocycles. The molecule has 5 heteroatoms. The van der Waals surface area contributed by atoms with Crippen LogP contribution in [0.1, 0.15) is 50.3 Å². The Hall–Kier alpha value is -1.36. The van der Waals surface area contributed by atoms with Gasteiger partial charge in [-0.15, -0.1) is 0 Å². The van der Waals surface area contributed by atoms with Crippen molar-refractivity contribution in [2.75, 3.05) is 33.7 Å². The maximum atomic E-state index is 13.1. The second kappa shape index (κ2) is 6.91. The molecule has 3 aliphatic carbocycles. The van der Waals surface area contributed by atoms with Crippen LogP contribution >= 0.6 is 0 Å². The largest absolute Gasteiger partial charge is 0.342 e. The van der Waals surface area contributed by atoms with Gasteiger partial charge in [0.1, 0.15) is 5.82 Å². The summed E-state index contributed by atoms with van der Waals surface area (Å²) in [5.41, 5.74) is 0. The standard InChI is InChI=1S/C22H34N4O/c1-24(2)9-3-10-25-13-8-23-21(25)15-6-11-26(12-7-15)22(27)20-18-16-4-5-17(14-16)19(18)20/h8,13,15-20H,3-7,9-12,14H2,1-2H3/t16-,17+,18+,19-,20?. The summed E-state index contributed by atoms with van der Waals surface area (Å²) in [6.07, 6.45) is 11.6. The molecular weight excluding hydrogens is 336 g/mol. The van der Waals surface area contributed by atoms with Gasteiger partial charge in [0, 0.05) is 43.9 Å². The summed E-state index contributed by atoms with van der Waals surface area (Å²) in [6, 6.07) is 0. The Morgan fingerprint density at radius 1 is 1.15 bits per heavy atom. The quantitative estimate of drug-likeness (QED) is 0.773. The lowest BCUT2D eigenvalue weighted by molar-refractivity contribution is -0.134. The zero-order valence-electron chi connectivity index (χ0n) is 16.9. The van der Waals surface area contributed by atoms with E-state index in [1.54, 1.807) is 0 Å². The predicted molar refractivity (Wildman–Crippen MR) is 105 cm³/mol. The van der Waals surface area contributed by atoms with Crippen LogP contribution in [0, 0.1) is 29.6 Å². The molecule has 1 aliphatic heterocycles. The van der Waals surface area contributed by atoms with Crippen LogP contribution in [0.15, 0.2) is 12.4 Å².